The average molecular weight is 324 g/mol. The molecule has 10 heteroatoms. The van der Waals surface area contributed by atoms with Gasteiger partial charge < -0.3 is 49.6 Å². The zero-order valence-electron chi connectivity index (χ0n) is 11.6. The molecule has 0 aliphatic carbocycles. The van der Waals surface area contributed by atoms with Crippen molar-refractivity contribution in [1.82, 2.24) is 0 Å². The first-order chi connectivity index (χ1) is 10.3. The van der Waals surface area contributed by atoms with Gasteiger partial charge in [-0.1, -0.05) is 0 Å². The molecule has 2 spiro atoms. The van der Waals surface area contributed by atoms with Gasteiger partial charge in [-0.05, 0) is 0 Å². The molecule has 2 unspecified atom stereocenters. The van der Waals surface area contributed by atoms with Crippen molar-refractivity contribution in [2.24, 2.45) is 0 Å². The van der Waals surface area contributed by atoms with Gasteiger partial charge in [-0.3, -0.25) is 0 Å². The van der Waals surface area contributed by atoms with Gasteiger partial charge in [0.1, 0.15) is 49.8 Å². The maximum Gasteiger partial charge on any atom is 0.221 e. The fraction of sp³-hybridized carbons (Fsp3) is 1.00. The summed E-state index contributed by atoms with van der Waals surface area (Å²) < 4.78 is 21.4. The fourth-order valence-corrected chi connectivity index (χ4v) is 2.80. The second kappa shape index (κ2) is 5.60. The number of rotatable bonds is 0. The topological polar surface area (TPSA) is 158 Å². The minimum Gasteiger partial charge on any atom is -0.388 e. The molecule has 8 atom stereocenters. The molecule has 0 radical (unpaired) electrons. The first kappa shape index (κ1) is 16.5. The SMILES string of the molecule is O[C@@H]1[C@H](O)COC2(COC3(CO2)OC[C@@H](O)[C@@H](O)[C@@H]3O)[C@H]1O. The molecule has 3 fully saturated rings. The highest BCUT2D eigenvalue weighted by Crippen LogP contribution is 2.38. The molecule has 0 saturated carbocycles. The van der Waals surface area contributed by atoms with Crippen LogP contribution in [0.1, 0.15) is 0 Å². The summed E-state index contributed by atoms with van der Waals surface area (Å²) in [6, 6.07) is 0. The van der Waals surface area contributed by atoms with Crippen molar-refractivity contribution in [3.05, 3.63) is 0 Å². The lowest BCUT2D eigenvalue weighted by Gasteiger charge is -2.53. The molecule has 128 valence electrons. The van der Waals surface area contributed by atoms with Gasteiger partial charge in [0.15, 0.2) is 0 Å². The largest absolute Gasteiger partial charge is 0.388 e. The third kappa shape index (κ3) is 2.36. The van der Waals surface area contributed by atoms with E-state index in [4.69, 9.17) is 18.9 Å². The van der Waals surface area contributed by atoms with E-state index in [2.05, 4.69) is 0 Å². The highest BCUT2D eigenvalue weighted by molar-refractivity contribution is 5.00. The van der Waals surface area contributed by atoms with Crippen LogP contribution in [0.15, 0.2) is 0 Å². The quantitative estimate of drug-likeness (QED) is 0.257. The van der Waals surface area contributed by atoms with Gasteiger partial charge in [-0.25, -0.2) is 0 Å². The molecule has 0 aromatic carbocycles. The molecule has 3 aliphatic heterocycles. The third-order valence-electron chi connectivity index (χ3n) is 4.37. The monoisotopic (exact) mass is 324 g/mol. The van der Waals surface area contributed by atoms with Crippen molar-refractivity contribution in [3.63, 3.8) is 0 Å². The van der Waals surface area contributed by atoms with E-state index in [0.29, 0.717) is 0 Å². The fourth-order valence-electron chi connectivity index (χ4n) is 2.80. The number of ether oxygens (including phenoxy) is 4. The van der Waals surface area contributed by atoms with Crippen LogP contribution in [0.25, 0.3) is 0 Å². The average Bonchev–Trinajstić information content (AvgIpc) is 2.53. The van der Waals surface area contributed by atoms with Crippen LogP contribution in [-0.4, -0.2) is 105 Å². The lowest BCUT2D eigenvalue weighted by atomic mass is 9.93. The maximum absolute atomic E-state index is 10.0. The third-order valence-corrected chi connectivity index (χ3v) is 4.37. The summed E-state index contributed by atoms with van der Waals surface area (Å²) in [7, 11) is 0. The van der Waals surface area contributed by atoms with E-state index in [1.54, 1.807) is 0 Å². The summed E-state index contributed by atoms with van der Waals surface area (Å²) in [6.07, 6.45) is -8.59. The van der Waals surface area contributed by atoms with Gasteiger partial charge in [-0.2, -0.15) is 0 Å². The summed E-state index contributed by atoms with van der Waals surface area (Å²) in [4.78, 5) is 0. The molecule has 22 heavy (non-hydrogen) atoms. The molecule has 3 saturated heterocycles. The van der Waals surface area contributed by atoms with Crippen LogP contribution in [0, 0.1) is 0 Å². The summed E-state index contributed by atoms with van der Waals surface area (Å²) in [6.45, 7) is -1.34. The number of aliphatic hydroxyl groups is 6. The van der Waals surface area contributed by atoms with E-state index >= 15 is 0 Å². The predicted molar refractivity (Wildman–Crippen MR) is 65.3 cm³/mol. The minimum atomic E-state index is -1.70. The predicted octanol–water partition coefficient (Wildman–Crippen LogP) is -4.35. The molecule has 6 N–H and O–H groups in total. The van der Waals surface area contributed by atoms with Gasteiger partial charge in [0.2, 0.25) is 11.6 Å². The Morgan fingerprint density at radius 2 is 0.955 bits per heavy atom. The molecule has 10 nitrogen and oxygen atoms in total. The number of hydrogen-bond acceptors (Lipinski definition) is 10. The zero-order valence-corrected chi connectivity index (χ0v) is 11.6. The van der Waals surface area contributed by atoms with E-state index in [1.165, 1.54) is 0 Å². The van der Waals surface area contributed by atoms with E-state index < -0.39 is 61.4 Å². The van der Waals surface area contributed by atoms with Gasteiger partial charge in [0.05, 0.1) is 13.2 Å². The highest BCUT2D eigenvalue weighted by Gasteiger charge is 2.60. The van der Waals surface area contributed by atoms with Crippen LogP contribution >= 0.6 is 0 Å². The van der Waals surface area contributed by atoms with Crippen molar-refractivity contribution >= 4 is 0 Å². The first-order valence-electron chi connectivity index (χ1n) is 6.95. The summed E-state index contributed by atoms with van der Waals surface area (Å²) >= 11 is 0. The molecule has 0 aromatic rings. The first-order valence-corrected chi connectivity index (χ1v) is 6.95. The molecule has 0 amide bonds. The summed E-state index contributed by atoms with van der Waals surface area (Å²) in [5.74, 6) is -3.40. The van der Waals surface area contributed by atoms with E-state index in [1.807, 2.05) is 0 Å². The summed E-state index contributed by atoms with van der Waals surface area (Å²) in [5, 5.41) is 58.4. The lowest BCUT2D eigenvalue weighted by Crippen LogP contribution is -2.72. The number of aliphatic hydroxyl groups excluding tert-OH is 6. The zero-order chi connectivity index (χ0) is 16.1. The maximum atomic E-state index is 10.0. The van der Waals surface area contributed by atoms with E-state index in [9.17, 15) is 30.6 Å². The number of hydrogen-bond donors (Lipinski definition) is 6. The van der Waals surface area contributed by atoms with Gasteiger partial charge in [0.25, 0.3) is 0 Å². The Kier molecular flexibility index (Phi) is 4.19. The van der Waals surface area contributed by atoms with Crippen LogP contribution in [0.3, 0.4) is 0 Å². The molecular formula is C12H20O10. The Bertz CT molecular complexity index is 371. The van der Waals surface area contributed by atoms with Crippen molar-refractivity contribution in [2.45, 2.75) is 48.2 Å². The van der Waals surface area contributed by atoms with E-state index in [0.717, 1.165) is 0 Å². The highest BCUT2D eigenvalue weighted by atomic mass is 16.8. The van der Waals surface area contributed by atoms with Crippen molar-refractivity contribution < 1.29 is 49.6 Å². The Morgan fingerprint density at radius 1 is 0.591 bits per heavy atom. The molecule has 3 aliphatic rings. The molecular weight excluding hydrogens is 304 g/mol. The molecule has 3 rings (SSSR count). The van der Waals surface area contributed by atoms with Crippen LogP contribution in [0.4, 0.5) is 0 Å². The molecule has 0 bridgehead atoms. The van der Waals surface area contributed by atoms with E-state index in [-0.39, 0.29) is 13.2 Å². The van der Waals surface area contributed by atoms with Crippen molar-refractivity contribution in [2.75, 3.05) is 26.4 Å². The second-order valence-corrected chi connectivity index (χ2v) is 5.83. The Morgan fingerprint density at radius 3 is 1.27 bits per heavy atom. The van der Waals surface area contributed by atoms with Crippen molar-refractivity contribution in [1.29, 1.82) is 0 Å². The smallest absolute Gasteiger partial charge is 0.221 e. The Labute approximate surface area is 125 Å². The van der Waals surface area contributed by atoms with Crippen LogP contribution in [0.5, 0.6) is 0 Å². The molecule has 0 aromatic heterocycles. The minimum absolute atomic E-state index is 0.265. The second-order valence-electron chi connectivity index (χ2n) is 5.83. The van der Waals surface area contributed by atoms with Crippen molar-refractivity contribution in [3.8, 4) is 0 Å². The normalized spacial score (nSPS) is 56.5. The molecule has 3 heterocycles. The van der Waals surface area contributed by atoms with Crippen LogP contribution in [0.2, 0.25) is 0 Å². The summed E-state index contributed by atoms with van der Waals surface area (Å²) in [5.41, 5.74) is 0. The van der Waals surface area contributed by atoms with Gasteiger partial charge in [-0.15, -0.1) is 0 Å². The lowest BCUT2D eigenvalue weighted by molar-refractivity contribution is -0.450. The Balaban J connectivity index is 1.72. The van der Waals surface area contributed by atoms with Crippen LogP contribution < -0.4 is 0 Å². The standard InChI is InChI=1S/C12H20O10/c13-5-1-19-11(9(17)7(5)15)3-22-12(4-21-11)10(18)8(16)6(14)2-20-12/h5-10,13-18H,1-4H2/t5-,6-,7-,8-,9+,10+,11?,12?/m1/s1. The van der Waals surface area contributed by atoms with Crippen LogP contribution in [-0.2, 0) is 18.9 Å². The van der Waals surface area contributed by atoms with Gasteiger partial charge in [0, 0.05) is 0 Å². The Hall–Kier alpha value is -0.400. The van der Waals surface area contributed by atoms with Gasteiger partial charge >= 0.3 is 0 Å².